The van der Waals surface area contributed by atoms with E-state index >= 15 is 0 Å². The van der Waals surface area contributed by atoms with Crippen molar-refractivity contribution >= 4 is 27.7 Å². The van der Waals surface area contributed by atoms with Gasteiger partial charge < -0.3 is 9.64 Å². The standard InChI is InChI=1S/C15H20N2O2S/c1-11(18)13-15(17-7-9-19-10-8-17)20-14(16-13)12-5-3-2-4-6-12/h5H,2-4,6-10H2,1H3. The number of Topliss-reactive ketones (excluding diaryl/α,β-unsaturated/α-hetero) is 1. The second kappa shape index (κ2) is 6.06. The number of nitrogens with zero attached hydrogens (tertiary/aromatic N) is 2. The number of carbonyl (C=O) groups excluding carboxylic acids is 1. The SMILES string of the molecule is CC(=O)c1nc(C2=CCCCC2)sc1N1CCOCC1. The number of ether oxygens (including phenoxy) is 1. The number of morpholine rings is 1. The zero-order chi connectivity index (χ0) is 13.9. The Morgan fingerprint density at radius 1 is 1.35 bits per heavy atom. The summed E-state index contributed by atoms with van der Waals surface area (Å²) in [7, 11) is 0. The smallest absolute Gasteiger partial charge is 0.181 e. The molecule has 0 spiro atoms. The molecule has 0 unspecified atom stereocenters. The Balaban J connectivity index is 1.93. The molecule has 1 fully saturated rings. The Kier molecular flexibility index (Phi) is 4.17. The normalized spacial score (nSPS) is 19.9. The average Bonchev–Trinajstić information content (AvgIpc) is 2.94. The third-order valence-electron chi connectivity index (χ3n) is 3.81. The van der Waals surface area contributed by atoms with E-state index in [-0.39, 0.29) is 5.78 Å². The number of thiazole rings is 1. The van der Waals surface area contributed by atoms with E-state index in [1.165, 1.54) is 18.4 Å². The molecule has 5 heteroatoms. The highest BCUT2D eigenvalue weighted by atomic mass is 32.1. The highest BCUT2D eigenvalue weighted by Gasteiger charge is 2.23. The highest BCUT2D eigenvalue weighted by molar-refractivity contribution is 7.17. The number of carbonyl (C=O) groups is 1. The zero-order valence-corrected chi connectivity index (χ0v) is 12.7. The number of allylic oxidation sites excluding steroid dienone is 2. The summed E-state index contributed by atoms with van der Waals surface area (Å²) in [4.78, 5) is 18.7. The van der Waals surface area contributed by atoms with E-state index in [4.69, 9.17) is 4.74 Å². The summed E-state index contributed by atoms with van der Waals surface area (Å²) in [5, 5.41) is 2.07. The monoisotopic (exact) mass is 292 g/mol. The molecule has 3 rings (SSSR count). The Morgan fingerprint density at radius 3 is 2.80 bits per heavy atom. The van der Waals surface area contributed by atoms with E-state index in [0.29, 0.717) is 5.69 Å². The van der Waals surface area contributed by atoms with Gasteiger partial charge in [0.05, 0.1) is 13.2 Å². The number of aromatic nitrogens is 1. The molecule has 0 N–H and O–H groups in total. The first-order chi connectivity index (χ1) is 9.75. The molecule has 20 heavy (non-hydrogen) atoms. The lowest BCUT2D eigenvalue weighted by Crippen LogP contribution is -2.36. The van der Waals surface area contributed by atoms with Crippen molar-refractivity contribution in [3.05, 3.63) is 16.8 Å². The molecule has 0 amide bonds. The molecule has 0 atom stereocenters. The number of rotatable bonds is 3. The fraction of sp³-hybridized carbons (Fsp3) is 0.600. The van der Waals surface area contributed by atoms with Gasteiger partial charge in [-0.15, -0.1) is 0 Å². The molecule has 1 aromatic rings. The van der Waals surface area contributed by atoms with Gasteiger partial charge in [-0.05, 0) is 31.3 Å². The molecular weight excluding hydrogens is 272 g/mol. The maximum absolute atomic E-state index is 11.9. The van der Waals surface area contributed by atoms with Gasteiger partial charge in [-0.1, -0.05) is 17.4 Å². The van der Waals surface area contributed by atoms with Crippen LogP contribution in [0.4, 0.5) is 5.00 Å². The topological polar surface area (TPSA) is 42.4 Å². The molecule has 0 radical (unpaired) electrons. The molecule has 0 bridgehead atoms. The lowest BCUT2D eigenvalue weighted by molar-refractivity contribution is 0.101. The number of anilines is 1. The number of hydrogen-bond acceptors (Lipinski definition) is 5. The van der Waals surface area contributed by atoms with Gasteiger partial charge in [0, 0.05) is 20.0 Å². The summed E-state index contributed by atoms with van der Waals surface area (Å²) >= 11 is 1.67. The van der Waals surface area contributed by atoms with Crippen molar-refractivity contribution in [3.8, 4) is 0 Å². The van der Waals surface area contributed by atoms with Gasteiger partial charge in [0.1, 0.15) is 15.7 Å². The Morgan fingerprint density at radius 2 is 2.15 bits per heavy atom. The van der Waals surface area contributed by atoms with Gasteiger partial charge in [0.2, 0.25) is 0 Å². The summed E-state index contributed by atoms with van der Waals surface area (Å²) in [5.74, 6) is 0.0606. The first-order valence-corrected chi connectivity index (χ1v) is 8.11. The van der Waals surface area contributed by atoms with E-state index in [2.05, 4.69) is 16.0 Å². The van der Waals surface area contributed by atoms with Gasteiger partial charge in [0.25, 0.3) is 0 Å². The Labute approximate surface area is 123 Å². The lowest BCUT2D eigenvalue weighted by Gasteiger charge is -2.27. The maximum Gasteiger partial charge on any atom is 0.181 e. The molecule has 1 aliphatic heterocycles. The fourth-order valence-corrected chi connectivity index (χ4v) is 3.93. The van der Waals surface area contributed by atoms with Crippen LogP contribution in [0.5, 0.6) is 0 Å². The fourth-order valence-electron chi connectivity index (χ4n) is 2.69. The predicted octanol–water partition coefficient (Wildman–Crippen LogP) is 3.14. The van der Waals surface area contributed by atoms with Gasteiger partial charge >= 0.3 is 0 Å². The second-order valence-corrected chi connectivity index (χ2v) is 6.28. The molecule has 1 aliphatic carbocycles. The summed E-state index contributed by atoms with van der Waals surface area (Å²) in [6.45, 7) is 4.76. The van der Waals surface area contributed by atoms with Crippen LogP contribution < -0.4 is 4.90 Å². The van der Waals surface area contributed by atoms with Crippen LogP contribution in [0, 0.1) is 0 Å². The van der Waals surface area contributed by atoms with Crippen molar-refractivity contribution in [2.75, 3.05) is 31.2 Å². The van der Waals surface area contributed by atoms with Crippen molar-refractivity contribution in [1.29, 1.82) is 0 Å². The summed E-state index contributed by atoms with van der Waals surface area (Å²) in [6.07, 6.45) is 7.01. The molecule has 4 nitrogen and oxygen atoms in total. The van der Waals surface area contributed by atoms with Crippen molar-refractivity contribution in [1.82, 2.24) is 4.98 Å². The van der Waals surface area contributed by atoms with E-state index in [9.17, 15) is 4.79 Å². The molecule has 0 saturated carbocycles. The van der Waals surface area contributed by atoms with E-state index in [1.807, 2.05) is 0 Å². The molecule has 2 heterocycles. The van der Waals surface area contributed by atoms with Crippen LogP contribution >= 0.6 is 11.3 Å². The largest absolute Gasteiger partial charge is 0.378 e. The molecule has 0 aromatic carbocycles. The highest BCUT2D eigenvalue weighted by Crippen LogP contribution is 2.36. The Hall–Kier alpha value is -1.20. The molecule has 108 valence electrons. The van der Waals surface area contributed by atoms with Crippen LogP contribution in [-0.2, 0) is 4.74 Å². The van der Waals surface area contributed by atoms with Crippen molar-refractivity contribution in [2.45, 2.75) is 32.6 Å². The predicted molar refractivity (Wildman–Crippen MR) is 81.6 cm³/mol. The third kappa shape index (κ3) is 2.79. The molecule has 1 saturated heterocycles. The first kappa shape index (κ1) is 13.8. The minimum Gasteiger partial charge on any atom is -0.378 e. The summed E-state index contributed by atoms with van der Waals surface area (Å²) in [6, 6.07) is 0. The summed E-state index contributed by atoms with van der Waals surface area (Å²) in [5.41, 5.74) is 1.96. The Bertz CT molecular complexity index is 530. The van der Waals surface area contributed by atoms with Gasteiger partial charge in [0.15, 0.2) is 5.78 Å². The van der Waals surface area contributed by atoms with Crippen LogP contribution in [-0.4, -0.2) is 37.1 Å². The van der Waals surface area contributed by atoms with E-state index < -0.39 is 0 Å². The first-order valence-electron chi connectivity index (χ1n) is 7.29. The average molecular weight is 292 g/mol. The van der Waals surface area contributed by atoms with Gasteiger partial charge in [-0.2, -0.15) is 0 Å². The van der Waals surface area contributed by atoms with E-state index in [0.717, 1.165) is 49.2 Å². The van der Waals surface area contributed by atoms with Crippen LogP contribution in [0.3, 0.4) is 0 Å². The lowest BCUT2D eigenvalue weighted by atomic mass is 10.0. The number of hydrogen-bond donors (Lipinski definition) is 0. The van der Waals surface area contributed by atoms with Gasteiger partial charge in [-0.3, -0.25) is 4.79 Å². The van der Waals surface area contributed by atoms with Crippen molar-refractivity contribution < 1.29 is 9.53 Å². The molecule has 1 aromatic heterocycles. The quantitative estimate of drug-likeness (QED) is 0.803. The maximum atomic E-state index is 11.9. The molecule has 2 aliphatic rings. The molecular formula is C15H20N2O2S. The zero-order valence-electron chi connectivity index (χ0n) is 11.9. The third-order valence-corrected chi connectivity index (χ3v) is 5.00. The van der Waals surface area contributed by atoms with Crippen molar-refractivity contribution in [3.63, 3.8) is 0 Å². The summed E-state index contributed by atoms with van der Waals surface area (Å²) < 4.78 is 5.39. The van der Waals surface area contributed by atoms with E-state index in [1.54, 1.807) is 18.3 Å². The van der Waals surface area contributed by atoms with Crippen LogP contribution in [0.1, 0.15) is 48.1 Å². The van der Waals surface area contributed by atoms with Crippen LogP contribution in [0.15, 0.2) is 6.08 Å². The second-order valence-electron chi connectivity index (χ2n) is 5.30. The van der Waals surface area contributed by atoms with Gasteiger partial charge in [-0.25, -0.2) is 4.98 Å². The minimum atomic E-state index is 0.0606. The minimum absolute atomic E-state index is 0.0606. The van der Waals surface area contributed by atoms with Crippen LogP contribution in [0.25, 0.3) is 5.57 Å². The van der Waals surface area contributed by atoms with Crippen LogP contribution in [0.2, 0.25) is 0 Å². The van der Waals surface area contributed by atoms with Crippen molar-refractivity contribution in [2.24, 2.45) is 0 Å². The number of ketones is 1.